The average Bonchev–Trinajstić information content (AvgIpc) is 3.26. The van der Waals surface area contributed by atoms with E-state index in [0.29, 0.717) is 12.0 Å². The standard InChI is InChI=1S/C31H24BrNO3/c32-24-16-15-21-17-23(14-13-22(21)18-24)30(34)33-27-11-5-4-9-25(27)29-26(10-6-12-28(29)33)31(35)36-19-20-7-2-1-3-8-20/h1-5,7-9,11,13-18,26H,6,10,12,19H2. The number of halogens is 1. The zero-order valence-electron chi connectivity index (χ0n) is 19.6. The summed E-state index contributed by atoms with van der Waals surface area (Å²) >= 11 is 3.51. The highest BCUT2D eigenvalue weighted by atomic mass is 79.9. The van der Waals surface area contributed by atoms with Crippen LogP contribution in [0.3, 0.4) is 0 Å². The van der Waals surface area contributed by atoms with Crippen LogP contribution in [0.4, 0.5) is 0 Å². The van der Waals surface area contributed by atoms with Gasteiger partial charge in [0.1, 0.15) is 6.61 Å². The summed E-state index contributed by atoms with van der Waals surface area (Å²) < 4.78 is 8.57. The molecule has 0 radical (unpaired) electrons. The maximum atomic E-state index is 13.9. The van der Waals surface area contributed by atoms with Crippen molar-refractivity contribution in [2.75, 3.05) is 0 Å². The summed E-state index contributed by atoms with van der Waals surface area (Å²) in [6.45, 7) is 0.246. The van der Waals surface area contributed by atoms with Crippen LogP contribution in [-0.4, -0.2) is 16.4 Å². The second-order valence-corrected chi connectivity index (χ2v) is 10.2. The third kappa shape index (κ3) is 4.03. The highest BCUT2D eigenvalue weighted by molar-refractivity contribution is 9.10. The van der Waals surface area contributed by atoms with Gasteiger partial charge < -0.3 is 4.74 Å². The molecule has 0 spiro atoms. The van der Waals surface area contributed by atoms with E-state index in [0.717, 1.165) is 55.8 Å². The Bertz CT molecular complexity index is 1620. The predicted molar refractivity (Wildman–Crippen MR) is 145 cm³/mol. The molecular formula is C31H24BrNO3. The molecule has 1 aliphatic rings. The van der Waals surface area contributed by atoms with Crippen molar-refractivity contribution in [3.8, 4) is 0 Å². The molecular weight excluding hydrogens is 514 g/mol. The van der Waals surface area contributed by atoms with E-state index in [2.05, 4.69) is 15.9 Å². The molecule has 0 amide bonds. The van der Waals surface area contributed by atoms with Gasteiger partial charge in [-0.1, -0.05) is 76.6 Å². The number of hydrogen-bond acceptors (Lipinski definition) is 3. The van der Waals surface area contributed by atoms with E-state index >= 15 is 0 Å². The summed E-state index contributed by atoms with van der Waals surface area (Å²) in [7, 11) is 0. The fraction of sp³-hybridized carbons (Fsp3) is 0.161. The molecule has 0 bridgehead atoms. The van der Waals surface area contributed by atoms with Crippen molar-refractivity contribution in [2.24, 2.45) is 0 Å². The van der Waals surface area contributed by atoms with Gasteiger partial charge in [0.05, 0.1) is 11.4 Å². The van der Waals surface area contributed by atoms with Crippen LogP contribution in [0.2, 0.25) is 0 Å². The van der Waals surface area contributed by atoms with Gasteiger partial charge in [0.25, 0.3) is 5.91 Å². The molecule has 4 aromatic carbocycles. The maximum absolute atomic E-state index is 13.9. The van der Waals surface area contributed by atoms with Crippen LogP contribution >= 0.6 is 15.9 Å². The maximum Gasteiger partial charge on any atom is 0.313 e. The van der Waals surface area contributed by atoms with Crippen LogP contribution in [0.1, 0.15) is 45.9 Å². The van der Waals surface area contributed by atoms with Gasteiger partial charge in [0.2, 0.25) is 0 Å². The Morgan fingerprint density at radius 2 is 1.64 bits per heavy atom. The molecule has 5 aromatic rings. The third-order valence-electron chi connectivity index (χ3n) is 7.03. The molecule has 0 N–H and O–H groups in total. The second kappa shape index (κ2) is 9.40. The summed E-state index contributed by atoms with van der Waals surface area (Å²) in [5, 5.41) is 3.03. The fourth-order valence-electron chi connectivity index (χ4n) is 5.35. The van der Waals surface area contributed by atoms with Crippen molar-refractivity contribution in [1.82, 2.24) is 4.57 Å². The molecule has 4 nitrogen and oxygen atoms in total. The van der Waals surface area contributed by atoms with E-state index in [1.54, 1.807) is 0 Å². The lowest BCUT2D eigenvalue weighted by Crippen LogP contribution is -2.23. The van der Waals surface area contributed by atoms with Crippen molar-refractivity contribution < 1.29 is 14.3 Å². The Kier molecular flexibility index (Phi) is 5.94. The lowest BCUT2D eigenvalue weighted by atomic mass is 9.85. The van der Waals surface area contributed by atoms with Crippen LogP contribution < -0.4 is 0 Å². The topological polar surface area (TPSA) is 48.3 Å². The summed E-state index contributed by atoms with van der Waals surface area (Å²) in [6, 6.07) is 29.5. The molecule has 5 heteroatoms. The fourth-order valence-corrected chi connectivity index (χ4v) is 5.73. The van der Waals surface area contributed by atoms with Gasteiger partial charge in [0, 0.05) is 21.1 Å². The van der Waals surface area contributed by atoms with Gasteiger partial charge in [0.15, 0.2) is 0 Å². The van der Waals surface area contributed by atoms with E-state index in [1.165, 1.54) is 0 Å². The largest absolute Gasteiger partial charge is 0.460 e. The van der Waals surface area contributed by atoms with Crippen LogP contribution in [-0.2, 0) is 22.6 Å². The first kappa shape index (κ1) is 22.7. The van der Waals surface area contributed by atoms with Crippen LogP contribution in [0.15, 0.2) is 95.5 Å². The van der Waals surface area contributed by atoms with E-state index in [-0.39, 0.29) is 24.4 Å². The molecule has 6 rings (SSSR count). The number of esters is 1. The van der Waals surface area contributed by atoms with E-state index < -0.39 is 0 Å². The Labute approximate surface area is 217 Å². The number of benzene rings is 4. The Morgan fingerprint density at radius 1 is 0.889 bits per heavy atom. The lowest BCUT2D eigenvalue weighted by Gasteiger charge is -2.23. The molecule has 1 aliphatic carbocycles. The number of hydrogen-bond donors (Lipinski definition) is 0. The lowest BCUT2D eigenvalue weighted by molar-refractivity contribution is -0.147. The van der Waals surface area contributed by atoms with Gasteiger partial charge in [-0.3, -0.25) is 14.2 Å². The van der Waals surface area contributed by atoms with Crippen LogP contribution in [0, 0.1) is 0 Å². The minimum absolute atomic E-state index is 0.0735. The van der Waals surface area contributed by atoms with Crippen molar-refractivity contribution in [1.29, 1.82) is 0 Å². The molecule has 1 atom stereocenters. The number of nitrogens with zero attached hydrogens (tertiary/aromatic N) is 1. The number of carbonyl (C=O) groups is 2. The molecule has 0 saturated heterocycles. The minimum atomic E-state index is -0.384. The number of aromatic nitrogens is 1. The van der Waals surface area contributed by atoms with E-state index in [9.17, 15) is 9.59 Å². The summed E-state index contributed by atoms with van der Waals surface area (Å²) in [5.41, 5.74) is 4.29. The van der Waals surface area contributed by atoms with E-state index in [4.69, 9.17) is 4.74 Å². The Balaban J connectivity index is 1.40. The van der Waals surface area contributed by atoms with Crippen molar-refractivity contribution in [3.63, 3.8) is 0 Å². The number of fused-ring (bicyclic) bond motifs is 4. The van der Waals surface area contributed by atoms with Crippen molar-refractivity contribution in [3.05, 3.63) is 118 Å². The first-order chi connectivity index (χ1) is 17.6. The molecule has 1 aromatic heterocycles. The molecule has 178 valence electrons. The normalized spacial score (nSPS) is 15.1. The first-order valence-corrected chi connectivity index (χ1v) is 13.0. The summed E-state index contributed by atoms with van der Waals surface area (Å²) in [5.74, 6) is -0.688. The average molecular weight is 538 g/mol. The smallest absolute Gasteiger partial charge is 0.313 e. The molecule has 36 heavy (non-hydrogen) atoms. The predicted octanol–water partition coefficient (Wildman–Crippen LogP) is 7.41. The Morgan fingerprint density at radius 3 is 2.50 bits per heavy atom. The van der Waals surface area contributed by atoms with Crippen LogP contribution in [0.5, 0.6) is 0 Å². The minimum Gasteiger partial charge on any atom is -0.460 e. The second-order valence-electron chi connectivity index (χ2n) is 9.26. The molecule has 0 aliphatic heterocycles. The van der Waals surface area contributed by atoms with E-state index in [1.807, 2.05) is 95.6 Å². The zero-order valence-corrected chi connectivity index (χ0v) is 21.2. The quantitative estimate of drug-likeness (QED) is 0.224. The third-order valence-corrected chi connectivity index (χ3v) is 7.52. The molecule has 1 unspecified atom stereocenters. The number of carbonyl (C=O) groups excluding carboxylic acids is 2. The molecule has 1 heterocycles. The molecule has 0 fully saturated rings. The highest BCUT2D eigenvalue weighted by Crippen LogP contribution is 2.40. The monoisotopic (exact) mass is 537 g/mol. The summed E-state index contributed by atoms with van der Waals surface area (Å²) in [6.07, 6.45) is 2.29. The summed E-state index contributed by atoms with van der Waals surface area (Å²) in [4.78, 5) is 27.2. The van der Waals surface area contributed by atoms with Gasteiger partial charge in [-0.05, 0) is 71.5 Å². The van der Waals surface area contributed by atoms with Gasteiger partial charge in [-0.2, -0.15) is 0 Å². The number of ether oxygens (including phenoxy) is 1. The zero-order chi connectivity index (χ0) is 24.6. The first-order valence-electron chi connectivity index (χ1n) is 12.2. The van der Waals surface area contributed by atoms with Crippen molar-refractivity contribution in [2.45, 2.75) is 31.8 Å². The van der Waals surface area contributed by atoms with Gasteiger partial charge >= 0.3 is 5.97 Å². The van der Waals surface area contributed by atoms with Crippen molar-refractivity contribution >= 4 is 49.5 Å². The SMILES string of the molecule is O=C(OCc1ccccc1)C1CCCc2c1c1ccccc1n2C(=O)c1ccc2cc(Br)ccc2c1. The number of para-hydroxylation sites is 1. The number of rotatable bonds is 4. The van der Waals surface area contributed by atoms with Crippen LogP contribution in [0.25, 0.3) is 21.7 Å². The van der Waals surface area contributed by atoms with Gasteiger partial charge in [-0.15, -0.1) is 0 Å². The Hall–Kier alpha value is -3.70. The molecule has 0 saturated carbocycles. The highest BCUT2D eigenvalue weighted by Gasteiger charge is 2.34. The van der Waals surface area contributed by atoms with Gasteiger partial charge in [-0.25, -0.2) is 0 Å².